The Kier molecular flexibility index (Phi) is 4.84. The molecule has 1 aliphatic rings. The zero-order chi connectivity index (χ0) is 22.4. The predicted molar refractivity (Wildman–Crippen MR) is 122 cm³/mol. The topological polar surface area (TPSA) is 85.9 Å². The van der Waals surface area contributed by atoms with E-state index in [2.05, 4.69) is 46.2 Å². The zero-order valence-electron chi connectivity index (χ0n) is 17.9. The van der Waals surface area contributed by atoms with Gasteiger partial charge < -0.3 is 9.88 Å². The molecule has 4 aromatic rings. The van der Waals surface area contributed by atoms with Gasteiger partial charge in [0, 0.05) is 36.0 Å². The Hall–Kier alpha value is -3.81. The zero-order valence-corrected chi connectivity index (χ0v) is 17.9. The average molecular weight is 431 g/mol. The van der Waals surface area contributed by atoms with Crippen LogP contribution in [0.25, 0.3) is 22.2 Å². The fourth-order valence-electron chi connectivity index (χ4n) is 4.46. The number of halogens is 1. The molecule has 3 heterocycles. The molecule has 32 heavy (non-hydrogen) atoms. The van der Waals surface area contributed by atoms with Gasteiger partial charge in [-0.2, -0.15) is 4.39 Å². The van der Waals surface area contributed by atoms with Gasteiger partial charge in [-0.3, -0.25) is 10.1 Å². The van der Waals surface area contributed by atoms with Gasteiger partial charge in [-0.15, -0.1) is 0 Å². The molecule has 0 aliphatic carbocycles. The van der Waals surface area contributed by atoms with E-state index in [4.69, 9.17) is 4.98 Å². The highest BCUT2D eigenvalue weighted by molar-refractivity contribution is 5.98. The van der Waals surface area contributed by atoms with Crippen LogP contribution in [0.2, 0.25) is 0 Å². The number of aromatic nitrogens is 3. The third kappa shape index (κ3) is 3.28. The van der Waals surface area contributed by atoms with Crippen molar-refractivity contribution in [3.05, 3.63) is 75.3 Å². The Balaban J connectivity index is 1.62. The van der Waals surface area contributed by atoms with Crippen molar-refractivity contribution in [2.75, 3.05) is 5.32 Å². The lowest BCUT2D eigenvalue weighted by Crippen LogP contribution is -2.05. The van der Waals surface area contributed by atoms with E-state index in [0.29, 0.717) is 17.2 Å². The Morgan fingerprint density at radius 2 is 2.16 bits per heavy atom. The molecular formula is C24H22FN5O2. The first kappa shape index (κ1) is 20.1. The summed E-state index contributed by atoms with van der Waals surface area (Å²) in [7, 11) is 0. The number of rotatable bonds is 5. The van der Waals surface area contributed by atoms with Crippen molar-refractivity contribution in [3.63, 3.8) is 0 Å². The van der Waals surface area contributed by atoms with E-state index in [0.717, 1.165) is 54.1 Å². The molecule has 0 fully saturated rings. The highest BCUT2D eigenvalue weighted by atomic mass is 19.1. The van der Waals surface area contributed by atoms with Crippen molar-refractivity contribution in [1.82, 2.24) is 14.5 Å². The van der Waals surface area contributed by atoms with Crippen LogP contribution in [0.3, 0.4) is 0 Å². The average Bonchev–Trinajstić information content (AvgIpc) is 3.16. The third-order valence-electron chi connectivity index (χ3n) is 6.06. The van der Waals surface area contributed by atoms with Gasteiger partial charge in [0.1, 0.15) is 0 Å². The van der Waals surface area contributed by atoms with Gasteiger partial charge in [0.2, 0.25) is 11.8 Å². The van der Waals surface area contributed by atoms with E-state index >= 15 is 0 Å². The predicted octanol–water partition coefficient (Wildman–Crippen LogP) is 5.71. The summed E-state index contributed by atoms with van der Waals surface area (Å²) >= 11 is 0. The number of nitro benzene ring substituents is 1. The molecule has 5 rings (SSSR count). The molecule has 1 N–H and O–H groups in total. The van der Waals surface area contributed by atoms with Crippen LogP contribution in [0.4, 0.5) is 21.7 Å². The first-order valence-corrected chi connectivity index (χ1v) is 10.6. The number of benzene rings is 2. The molecule has 0 unspecified atom stereocenters. The first-order valence-electron chi connectivity index (χ1n) is 10.6. The molecular weight excluding hydrogens is 409 g/mol. The molecule has 1 aliphatic heterocycles. The van der Waals surface area contributed by atoms with Crippen LogP contribution in [0.5, 0.6) is 0 Å². The molecule has 8 heteroatoms. The van der Waals surface area contributed by atoms with Gasteiger partial charge in [-0.1, -0.05) is 25.1 Å². The summed E-state index contributed by atoms with van der Waals surface area (Å²) in [6, 6.07) is 8.72. The van der Waals surface area contributed by atoms with Gasteiger partial charge in [0.25, 0.3) is 0 Å². The number of para-hydroxylation sites is 1. The van der Waals surface area contributed by atoms with Crippen LogP contribution in [0.15, 0.2) is 42.7 Å². The Bertz CT molecular complexity index is 1380. The quantitative estimate of drug-likeness (QED) is 0.323. The van der Waals surface area contributed by atoms with Crippen molar-refractivity contribution in [1.29, 1.82) is 0 Å². The van der Waals surface area contributed by atoms with Gasteiger partial charge in [0.15, 0.2) is 0 Å². The molecule has 0 spiro atoms. The number of anilines is 2. The molecule has 0 saturated carbocycles. The standard InChI is InChI=1S/C24H22FN5O2/c1-3-15-12-26-24(27-20-11-21(30(31)32)19(25)10-14(20)2)28-22(15)18-13-29-9-5-7-16-6-4-8-17(18)23(16)29/h4,6,8,10-13H,3,5,7,9H2,1-2H3,(H,26,27,28). The smallest absolute Gasteiger partial charge is 0.306 e. The molecule has 162 valence electrons. The van der Waals surface area contributed by atoms with Crippen molar-refractivity contribution >= 4 is 28.2 Å². The summed E-state index contributed by atoms with van der Waals surface area (Å²) in [5.74, 6) is -0.553. The summed E-state index contributed by atoms with van der Waals surface area (Å²) < 4.78 is 16.2. The first-order chi connectivity index (χ1) is 15.5. The lowest BCUT2D eigenvalue weighted by atomic mass is 10.0. The van der Waals surface area contributed by atoms with Crippen molar-refractivity contribution in [3.8, 4) is 11.3 Å². The maximum absolute atomic E-state index is 13.9. The van der Waals surface area contributed by atoms with Crippen molar-refractivity contribution < 1.29 is 9.31 Å². The minimum Gasteiger partial charge on any atom is -0.347 e. The summed E-state index contributed by atoms with van der Waals surface area (Å²) in [6.45, 7) is 4.72. The third-order valence-corrected chi connectivity index (χ3v) is 6.06. The van der Waals surface area contributed by atoms with E-state index in [-0.39, 0.29) is 0 Å². The van der Waals surface area contributed by atoms with Crippen molar-refractivity contribution in [2.24, 2.45) is 0 Å². The lowest BCUT2D eigenvalue weighted by Gasteiger charge is -2.14. The van der Waals surface area contributed by atoms with E-state index in [9.17, 15) is 14.5 Å². The van der Waals surface area contributed by atoms with Crippen LogP contribution < -0.4 is 5.32 Å². The van der Waals surface area contributed by atoms with Crippen LogP contribution in [-0.2, 0) is 19.4 Å². The van der Waals surface area contributed by atoms with Crippen LogP contribution in [0.1, 0.15) is 30.0 Å². The fraction of sp³-hybridized carbons (Fsp3) is 0.250. The summed E-state index contributed by atoms with van der Waals surface area (Å²) in [5.41, 5.74) is 5.85. The van der Waals surface area contributed by atoms with Gasteiger partial charge >= 0.3 is 5.69 Å². The van der Waals surface area contributed by atoms with Gasteiger partial charge in [-0.25, -0.2) is 9.97 Å². The summed E-state index contributed by atoms with van der Waals surface area (Å²) in [5, 5.41) is 15.4. The minimum atomic E-state index is -0.866. The molecule has 7 nitrogen and oxygen atoms in total. The lowest BCUT2D eigenvalue weighted by molar-refractivity contribution is -0.387. The molecule has 0 bridgehead atoms. The fourth-order valence-corrected chi connectivity index (χ4v) is 4.46. The monoisotopic (exact) mass is 431 g/mol. The molecule has 0 amide bonds. The van der Waals surface area contributed by atoms with Crippen LogP contribution in [-0.4, -0.2) is 19.5 Å². The Morgan fingerprint density at radius 3 is 2.94 bits per heavy atom. The van der Waals surface area contributed by atoms with E-state index < -0.39 is 16.4 Å². The molecule has 0 saturated heterocycles. The van der Waals surface area contributed by atoms with Crippen LogP contribution in [0, 0.1) is 22.9 Å². The number of aryl methyl sites for hydroxylation is 4. The highest BCUT2D eigenvalue weighted by Gasteiger charge is 2.21. The normalized spacial score (nSPS) is 12.8. The Labute approximate surface area is 184 Å². The van der Waals surface area contributed by atoms with Crippen molar-refractivity contribution in [2.45, 2.75) is 39.7 Å². The number of hydrogen-bond donors (Lipinski definition) is 1. The molecule has 0 atom stereocenters. The number of nitrogens with one attached hydrogen (secondary N) is 1. The maximum Gasteiger partial charge on any atom is 0.306 e. The second-order valence-electron chi connectivity index (χ2n) is 8.07. The van der Waals surface area contributed by atoms with Crippen LogP contribution >= 0.6 is 0 Å². The molecule has 2 aromatic heterocycles. The number of hydrogen-bond acceptors (Lipinski definition) is 5. The summed E-state index contributed by atoms with van der Waals surface area (Å²) in [6.07, 6.45) is 6.89. The SMILES string of the molecule is CCc1cnc(Nc2cc([N+](=O)[O-])c(F)cc2C)nc1-c1cn2c3c(cccc13)CCC2. The summed E-state index contributed by atoms with van der Waals surface area (Å²) in [4.78, 5) is 19.6. The molecule has 2 aromatic carbocycles. The molecule has 0 radical (unpaired) electrons. The maximum atomic E-state index is 13.9. The van der Waals surface area contributed by atoms with Gasteiger partial charge in [0.05, 0.1) is 21.8 Å². The Morgan fingerprint density at radius 1 is 1.31 bits per heavy atom. The second-order valence-corrected chi connectivity index (χ2v) is 8.07. The largest absolute Gasteiger partial charge is 0.347 e. The van der Waals surface area contributed by atoms with Gasteiger partial charge in [-0.05, 0) is 48.9 Å². The minimum absolute atomic E-state index is 0.313. The van der Waals surface area contributed by atoms with E-state index in [1.807, 2.05) is 0 Å². The highest BCUT2D eigenvalue weighted by Crippen LogP contribution is 2.36. The van der Waals surface area contributed by atoms with E-state index in [1.54, 1.807) is 13.1 Å². The second kappa shape index (κ2) is 7.71. The number of nitro groups is 1. The van der Waals surface area contributed by atoms with E-state index in [1.165, 1.54) is 17.1 Å². The number of nitrogens with zero attached hydrogens (tertiary/aromatic N) is 4.